The van der Waals surface area contributed by atoms with Gasteiger partial charge in [0.25, 0.3) is 11.6 Å². The summed E-state index contributed by atoms with van der Waals surface area (Å²) < 4.78 is 13.2. The number of nitrogens with zero attached hydrogens (tertiary/aromatic N) is 1. The van der Waals surface area contributed by atoms with Crippen molar-refractivity contribution in [3.8, 4) is 0 Å². The maximum Gasteiger partial charge on any atom is 0.282 e. The lowest BCUT2D eigenvalue weighted by Gasteiger charge is -2.34. The number of carbonyl (C=O) groups is 1. The van der Waals surface area contributed by atoms with Gasteiger partial charge in [0.15, 0.2) is 0 Å². The lowest BCUT2D eigenvalue weighted by Crippen LogP contribution is -2.47. The van der Waals surface area contributed by atoms with E-state index in [4.69, 9.17) is 0 Å². The van der Waals surface area contributed by atoms with E-state index in [1.54, 1.807) is 0 Å². The van der Waals surface area contributed by atoms with E-state index < -0.39 is 16.6 Å². The van der Waals surface area contributed by atoms with Gasteiger partial charge in [-0.25, -0.2) is 4.39 Å². The Morgan fingerprint density at radius 2 is 2.00 bits per heavy atom. The Morgan fingerprint density at radius 3 is 2.60 bits per heavy atom. The van der Waals surface area contributed by atoms with E-state index in [0.29, 0.717) is 0 Å². The van der Waals surface area contributed by atoms with E-state index in [1.165, 1.54) is 0 Å². The number of amides is 1. The predicted molar refractivity (Wildman–Crippen MR) is 72.0 cm³/mol. The molecule has 2 rings (SSSR count). The lowest BCUT2D eigenvalue weighted by atomic mass is 9.83. The summed E-state index contributed by atoms with van der Waals surface area (Å²) in [6.45, 7) is 1.93. The van der Waals surface area contributed by atoms with E-state index >= 15 is 0 Å². The van der Waals surface area contributed by atoms with Crippen molar-refractivity contribution in [1.29, 1.82) is 0 Å². The molecule has 1 aliphatic carbocycles. The fourth-order valence-electron chi connectivity index (χ4n) is 2.65. The van der Waals surface area contributed by atoms with Crippen molar-refractivity contribution in [2.45, 2.75) is 44.6 Å². The summed E-state index contributed by atoms with van der Waals surface area (Å²) >= 11 is 0. The second-order valence-electron chi connectivity index (χ2n) is 5.49. The molecule has 0 unspecified atom stereocenters. The Labute approximate surface area is 116 Å². The van der Waals surface area contributed by atoms with Crippen molar-refractivity contribution in [1.82, 2.24) is 5.32 Å². The van der Waals surface area contributed by atoms with Gasteiger partial charge in [-0.15, -0.1) is 0 Å². The average Bonchev–Trinajstić information content (AvgIpc) is 2.38. The van der Waals surface area contributed by atoms with Crippen molar-refractivity contribution >= 4 is 11.6 Å². The van der Waals surface area contributed by atoms with Crippen LogP contribution in [-0.4, -0.2) is 16.4 Å². The Bertz CT molecular complexity index is 539. The van der Waals surface area contributed by atoms with Crippen LogP contribution in [0.2, 0.25) is 0 Å². The van der Waals surface area contributed by atoms with Gasteiger partial charge in [-0.1, -0.05) is 19.3 Å². The standard InChI is InChI=1S/C14H17FN2O3/c1-14(7-3-2-4-8-14)16-13(18)11-9-10(15)5-6-12(11)17(19)20/h5-6,9H,2-4,7-8H2,1H3,(H,16,18). The summed E-state index contributed by atoms with van der Waals surface area (Å²) in [5, 5.41) is 13.7. The molecular weight excluding hydrogens is 263 g/mol. The van der Waals surface area contributed by atoms with Crippen molar-refractivity contribution < 1.29 is 14.1 Å². The van der Waals surface area contributed by atoms with E-state index in [1.807, 2.05) is 6.92 Å². The van der Waals surface area contributed by atoms with Gasteiger partial charge in [-0.2, -0.15) is 0 Å². The highest BCUT2D eigenvalue weighted by atomic mass is 19.1. The highest BCUT2D eigenvalue weighted by molar-refractivity contribution is 5.98. The summed E-state index contributed by atoms with van der Waals surface area (Å²) in [4.78, 5) is 22.5. The van der Waals surface area contributed by atoms with Crippen molar-refractivity contribution in [2.24, 2.45) is 0 Å². The van der Waals surface area contributed by atoms with Crippen LogP contribution in [0.3, 0.4) is 0 Å². The molecule has 0 spiro atoms. The summed E-state index contributed by atoms with van der Waals surface area (Å²) in [5.41, 5.74) is -0.958. The molecule has 1 aromatic rings. The molecule has 108 valence electrons. The first-order valence-electron chi connectivity index (χ1n) is 6.68. The molecule has 0 heterocycles. The molecule has 0 saturated heterocycles. The number of hydrogen-bond donors (Lipinski definition) is 1. The number of nitrogens with one attached hydrogen (secondary N) is 1. The minimum atomic E-state index is -0.669. The number of halogens is 1. The van der Waals surface area contributed by atoms with Gasteiger partial charge in [0, 0.05) is 11.6 Å². The quantitative estimate of drug-likeness (QED) is 0.682. The summed E-state index contributed by atoms with van der Waals surface area (Å²) in [7, 11) is 0. The zero-order valence-electron chi connectivity index (χ0n) is 11.3. The van der Waals surface area contributed by atoms with E-state index in [-0.39, 0.29) is 16.8 Å². The summed E-state index contributed by atoms with van der Waals surface area (Å²) in [5.74, 6) is -1.24. The highest BCUT2D eigenvalue weighted by Gasteiger charge is 2.31. The predicted octanol–water partition coefficient (Wildman–Crippen LogP) is 3.19. The molecule has 0 radical (unpaired) electrons. The molecule has 20 heavy (non-hydrogen) atoms. The van der Waals surface area contributed by atoms with Crippen LogP contribution in [-0.2, 0) is 0 Å². The van der Waals surface area contributed by atoms with Crippen LogP contribution in [0.15, 0.2) is 18.2 Å². The fraction of sp³-hybridized carbons (Fsp3) is 0.500. The van der Waals surface area contributed by atoms with E-state index in [9.17, 15) is 19.3 Å². The van der Waals surface area contributed by atoms with Gasteiger partial charge in [-0.3, -0.25) is 14.9 Å². The first kappa shape index (κ1) is 14.4. The lowest BCUT2D eigenvalue weighted by molar-refractivity contribution is -0.385. The van der Waals surface area contributed by atoms with Crippen LogP contribution in [0.25, 0.3) is 0 Å². The molecule has 1 aliphatic rings. The van der Waals surface area contributed by atoms with Gasteiger partial charge in [-0.05, 0) is 31.9 Å². The minimum Gasteiger partial charge on any atom is -0.347 e. The molecule has 0 aromatic heterocycles. The van der Waals surface area contributed by atoms with Crippen LogP contribution in [0, 0.1) is 15.9 Å². The van der Waals surface area contributed by atoms with Crippen LogP contribution in [0.1, 0.15) is 49.4 Å². The second-order valence-corrected chi connectivity index (χ2v) is 5.49. The second kappa shape index (κ2) is 5.56. The number of benzene rings is 1. The molecule has 0 bridgehead atoms. The monoisotopic (exact) mass is 280 g/mol. The molecule has 5 nitrogen and oxygen atoms in total. The third-order valence-corrected chi connectivity index (χ3v) is 3.77. The fourth-order valence-corrected chi connectivity index (χ4v) is 2.65. The van der Waals surface area contributed by atoms with Crippen molar-refractivity contribution in [2.75, 3.05) is 0 Å². The number of carbonyl (C=O) groups excluding carboxylic acids is 1. The smallest absolute Gasteiger partial charge is 0.282 e. The summed E-state index contributed by atoms with van der Waals surface area (Å²) in [6.07, 6.45) is 4.83. The Balaban J connectivity index is 2.24. The van der Waals surface area contributed by atoms with Crippen LogP contribution in [0.5, 0.6) is 0 Å². The number of nitro groups is 1. The van der Waals surface area contributed by atoms with Crippen molar-refractivity contribution in [3.63, 3.8) is 0 Å². The van der Waals surface area contributed by atoms with Gasteiger partial charge in [0.1, 0.15) is 11.4 Å². The first-order valence-corrected chi connectivity index (χ1v) is 6.68. The molecule has 0 aliphatic heterocycles. The molecule has 1 N–H and O–H groups in total. The largest absolute Gasteiger partial charge is 0.347 e. The zero-order valence-corrected chi connectivity index (χ0v) is 11.3. The summed E-state index contributed by atoms with van der Waals surface area (Å²) in [6, 6.07) is 2.92. The minimum absolute atomic E-state index is 0.221. The highest BCUT2D eigenvalue weighted by Crippen LogP contribution is 2.29. The molecule has 6 heteroatoms. The molecule has 1 saturated carbocycles. The van der Waals surface area contributed by atoms with Crippen molar-refractivity contribution in [3.05, 3.63) is 39.7 Å². The molecule has 1 fully saturated rings. The van der Waals surface area contributed by atoms with Gasteiger partial charge in [0.2, 0.25) is 0 Å². The molecule has 1 amide bonds. The molecule has 0 atom stereocenters. The Hall–Kier alpha value is -1.98. The van der Waals surface area contributed by atoms with Gasteiger partial charge < -0.3 is 5.32 Å². The third kappa shape index (κ3) is 3.12. The number of rotatable bonds is 3. The van der Waals surface area contributed by atoms with Crippen LogP contribution >= 0.6 is 0 Å². The van der Waals surface area contributed by atoms with Crippen LogP contribution < -0.4 is 5.32 Å². The maximum absolute atomic E-state index is 13.2. The zero-order chi connectivity index (χ0) is 14.8. The average molecular weight is 280 g/mol. The van der Waals surface area contributed by atoms with Gasteiger partial charge in [0.05, 0.1) is 4.92 Å². The topological polar surface area (TPSA) is 72.2 Å². The number of nitro benzene ring substituents is 1. The van der Waals surface area contributed by atoms with E-state index in [2.05, 4.69) is 5.32 Å². The Kier molecular flexibility index (Phi) is 4.01. The normalized spacial score (nSPS) is 17.5. The third-order valence-electron chi connectivity index (χ3n) is 3.77. The maximum atomic E-state index is 13.2. The SMILES string of the molecule is CC1(NC(=O)c2cc(F)ccc2[N+](=O)[O-])CCCCC1. The van der Waals surface area contributed by atoms with E-state index in [0.717, 1.165) is 50.3 Å². The molecular formula is C14H17FN2O3. The molecule has 1 aromatic carbocycles. The Morgan fingerprint density at radius 1 is 1.35 bits per heavy atom. The first-order chi connectivity index (χ1) is 9.41. The number of hydrogen-bond acceptors (Lipinski definition) is 3. The van der Waals surface area contributed by atoms with Crippen LogP contribution in [0.4, 0.5) is 10.1 Å². The van der Waals surface area contributed by atoms with Gasteiger partial charge >= 0.3 is 0 Å².